The summed E-state index contributed by atoms with van der Waals surface area (Å²) in [6, 6.07) is 3.78. The maximum atomic E-state index is 11.8. The van der Waals surface area contributed by atoms with Crippen LogP contribution in [0.3, 0.4) is 0 Å². The fourth-order valence-electron chi connectivity index (χ4n) is 1.59. The summed E-state index contributed by atoms with van der Waals surface area (Å²) in [4.78, 5) is 13.7. The lowest BCUT2D eigenvalue weighted by atomic mass is 10.3. The van der Waals surface area contributed by atoms with Crippen molar-refractivity contribution in [2.45, 2.75) is 12.6 Å². The Labute approximate surface area is 115 Å². The Kier molecular flexibility index (Phi) is 5.36. The van der Waals surface area contributed by atoms with E-state index in [1.165, 1.54) is 11.3 Å². The second kappa shape index (κ2) is 7.26. The molecule has 2 N–H and O–H groups in total. The molecule has 0 saturated carbocycles. The second-order valence-electron chi connectivity index (χ2n) is 3.88. The van der Waals surface area contributed by atoms with Gasteiger partial charge in [-0.2, -0.15) is 0 Å². The lowest BCUT2D eigenvalue weighted by molar-refractivity contribution is -0.147. The molecule has 1 aromatic rings. The number of aliphatic hydroxyl groups excluding tert-OH is 1. The number of carbonyl (C=O) groups is 1. The zero-order chi connectivity index (χ0) is 13.5. The molecule has 1 amide bonds. The van der Waals surface area contributed by atoms with Crippen LogP contribution in [-0.4, -0.2) is 43.5 Å². The fraction of sp³-hybridized carbons (Fsp3) is 0.462. The molecule has 0 spiro atoms. The molecule has 1 saturated heterocycles. The maximum Gasteiger partial charge on any atom is 0.251 e. The van der Waals surface area contributed by atoms with Crippen molar-refractivity contribution in [1.29, 1.82) is 0 Å². The number of nitrogens with one attached hydrogen (secondary N) is 1. The average Bonchev–Trinajstić information content (AvgIpc) is 2.91. The molecule has 0 radical (unpaired) electrons. The van der Waals surface area contributed by atoms with E-state index in [4.69, 9.17) is 14.6 Å². The minimum Gasteiger partial charge on any atom is -0.384 e. The van der Waals surface area contributed by atoms with Gasteiger partial charge in [-0.1, -0.05) is 11.8 Å². The maximum absolute atomic E-state index is 11.8. The predicted octanol–water partition coefficient (Wildman–Crippen LogP) is 0.123. The van der Waals surface area contributed by atoms with Crippen LogP contribution in [0.25, 0.3) is 0 Å². The van der Waals surface area contributed by atoms with Crippen LogP contribution < -0.4 is 5.32 Å². The molecule has 0 aromatic carbocycles. The molecule has 1 atom stereocenters. The van der Waals surface area contributed by atoms with Crippen molar-refractivity contribution in [1.82, 2.24) is 5.32 Å². The van der Waals surface area contributed by atoms with Crippen molar-refractivity contribution in [3.05, 3.63) is 21.9 Å². The van der Waals surface area contributed by atoms with Gasteiger partial charge >= 0.3 is 0 Å². The van der Waals surface area contributed by atoms with Crippen molar-refractivity contribution in [3.63, 3.8) is 0 Å². The first-order valence-corrected chi connectivity index (χ1v) is 6.77. The van der Waals surface area contributed by atoms with Crippen LogP contribution in [0, 0.1) is 11.8 Å². The molecular weight excluding hydrogens is 266 g/mol. The van der Waals surface area contributed by atoms with Gasteiger partial charge in [-0.15, -0.1) is 11.3 Å². The molecule has 5 nitrogen and oxygen atoms in total. The first-order chi connectivity index (χ1) is 9.29. The van der Waals surface area contributed by atoms with Crippen LogP contribution in [0.5, 0.6) is 0 Å². The number of rotatable bonds is 3. The molecule has 1 aliphatic rings. The molecule has 1 aliphatic heterocycles. The Morgan fingerprint density at radius 3 is 3.16 bits per heavy atom. The van der Waals surface area contributed by atoms with Gasteiger partial charge in [0, 0.05) is 4.88 Å². The number of hydrogen-bond donors (Lipinski definition) is 2. The normalized spacial score (nSPS) is 18.5. The third kappa shape index (κ3) is 4.33. The monoisotopic (exact) mass is 281 g/mol. The van der Waals surface area contributed by atoms with Crippen LogP contribution in [0.2, 0.25) is 0 Å². The Morgan fingerprint density at radius 2 is 2.42 bits per heavy atom. The van der Waals surface area contributed by atoms with Gasteiger partial charge in [0.05, 0.1) is 31.2 Å². The van der Waals surface area contributed by atoms with E-state index in [0.29, 0.717) is 26.4 Å². The molecule has 2 rings (SSSR count). The smallest absolute Gasteiger partial charge is 0.251 e. The van der Waals surface area contributed by atoms with E-state index >= 15 is 0 Å². The zero-order valence-electron chi connectivity index (χ0n) is 10.3. The quantitative estimate of drug-likeness (QED) is 0.773. The number of amides is 1. The molecule has 0 aliphatic carbocycles. The molecular formula is C13H15NO4S. The summed E-state index contributed by atoms with van der Waals surface area (Å²) in [6.07, 6.45) is -0.512. The number of aliphatic hydroxyl groups is 1. The lowest BCUT2D eigenvalue weighted by Crippen LogP contribution is -2.42. The third-order valence-electron chi connectivity index (χ3n) is 2.50. The minimum atomic E-state index is -0.512. The van der Waals surface area contributed by atoms with E-state index < -0.39 is 6.10 Å². The van der Waals surface area contributed by atoms with E-state index in [1.54, 1.807) is 0 Å². The van der Waals surface area contributed by atoms with E-state index in [-0.39, 0.29) is 12.5 Å². The van der Waals surface area contributed by atoms with Crippen molar-refractivity contribution in [2.75, 3.05) is 26.4 Å². The van der Waals surface area contributed by atoms with Gasteiger partial charge in [0.2, 0.25) is 0 Å². The first-order valence-electron chi connectivity index (χ1n) is 5.95. The summed E-state index contributed by atoms with van der Waals surface area (Å²) in [5.41, 5.74) is 0. The van der Waals surface area contributed by atoms with E-state index in [9.17, 15) is 4.79 Å². The summed E-state index contributed by atoms with van der Waals surface area (Å²) in [5, 5.41) is 11.4. The SMILES string of the molecule is O=C(NCc1ccc(C#CCO)s1)C1COCCO1. The zero-order valence-corrected chi connectivity index (χ0v) is 11.2. The average molecular weight is 281 g/mol. The molecule has 2 heterocycles. The Bertz CT molecular complexity index is 482. The Balaban J connectivity index is 1.81. The van der Waals surface area contributed by atoms with Gasteiger partial charge in [0.25, 0.3) is 5.91 Å². The highest BCUT2D eigenvalue weighted by Crippen LogP contribution is 2.15. The van der Waals surface area contributed by atoms with Crippen molar-refractivity contribution in [2.24, 2.45) is 0 Å². The number of hydrogen-bond acceptors (Lipinski definition) is 5. The van der Waals surface area contributed by atoms with Crippen molar-refractivity contribution < 1.29 is 19.4 Å². The summed E-state index contributed by atoms with van der Waals surface area (Å²) >= 11 is 1.49. The summed E-state index contributed by atoms with van der Waals surface area (Å²) in [5.74, 6) is 5.26. The molecule has 1 aromatic heterocycles. The molecule has 1 fully saturated rings. The first kappa shape index (κ1) is 14.0. The number of thiophene rings is 1. The van der Waals surface area contributed by atoms with E-state index in [0.717, 1.165) is 9.75 Å². The number of ether oxygens (including phenoxy) is 2. The van der Waals surface area contributed by atoms with Crippen molar-refractivity contribution in [3.8, 4) is 11.8 Å². The Hall–Kier alpha value is -1.39. The van der Waals surface area contributed by atoms with E-state index in [1.807, 2.05) is 12.1 Å². The van der Waals surface area contributed by atoms with Crippen LogP contribution in [0.4, 0.5) is 0 Å². The predicted molar refractivity (Wildman–Crippen MR) is 70.7 cm³/mol. The van der Waals surface area contributed by atoms with Crippen LogP contribution in [0.1, 0.15) is 9.75 Å². The van der Waals surface area contributed by atoms with Gasteiger partial charge in [0.1, 0.15) is 6.61 Å². The van der Waals surface area contributed by atoms with Gasteiger partial charge < -0.3 is 19.9 Å². The van der Waals surface area contributed by atoms with Gasteiger partial charge in [-0.05, 0) is 12.1 Å². The molecule has 6 heteroatoms. The molecule has 0 bridgehead atoms. The standard InChI is InChI=1S/C13H15NO4S/c15-5-1-2-10-3-4-11(19-10)8-14-13(16)12-9-17-6-7-18-12/h3-4,12,15H,5-9H2,(H,14,16). The highest BCUT2D eigenvalue weighted by Gasteiger charge is 2.22. The molecule has 102 valence electrons. The third-order valence-corrected chi connectivity index (χ3v) is 3.50. The highest BCUT2D eigenvalue weighted by molar-refractivity contribution is 7.12. The topological polar surface area (TPSA) is 67.8 Å². The van der Waals surface area contributed by atoms with Crippen LogP contribution in [0.15, 0.2) is 12.1 Å². The second-order valence-corrected chi connectivity index (χ2v) is 5.05. The molecule has 19 heavy (non-hydrogen) atoms. The lowest BCUT2D eigenvalue weighted by Gasteiger charge is -2.21. The summed E-state index contributed by atoms with van der Waals surface area (Å²) in [6.45, 7) is 1.61. The fourth-order valence-corrected chi connectivity index (χ4v) is 2.42. The van der Waals surface area contributed by atoms with Crippen LogP contribution in [-0.2, 0) is 20.8 Å². The van der Waals surface area contributed by atoms with Crippen LogP contribution >= 0.6 is 11.3 Å². The van der Waals surface area contributed by atoms with Gasteiger partial charge in [-0.25, -0.2) is 0 Å². The Morgan fingerprint density at radius 1 is 1.53 bits per heavy atom. The largest absolute Gasteiger partial charge is 0.384 e. The molecule has 1 unspecified atom stereocenters. The highest BCUT2D eigenvalue weighted by atomic mass is 32.1. The summed E-state index contributed by atoms with van der Waals surface area (Å²) < 4.78 is 10.5. The summed E-state index contributed by atoms with van der Waals surface area (Å²) in [7, 11) is 0. The number of carbonyl (C=O) groups excluding carboxylic acids is 1. The van der Waals surface area contributed by atoms with Crippen molar-refractivity contribution >= 4 is 17.2 Å². The van der Waals surface area contributed by atoms with E-state index in [2.05, 4.69) is 17.2 Å². The van der Waals surface area contributed by atoms with Gasteiger partial charge in [-0.3, -0.25) is 4.79 Å². The minimum absolute atomic E-state index is 0.150. The van der Waals surface area contributed by atoms with Gasteiger partial charge in [0.15, 0.2) is 6.10 Å².